The molecule has 0 spiro atoms. The van der Waals surface area contributed by atoms with Gasteiger partial charge in [-0.2, -0.15) is 0 Å². The number of aromatic carboxylic acids is 1. The molecule has 1 aromatic carbocycles. The van der Waals surface area contributed by atoms with Crippen molar-refractivity contribution in [3.8, 4) is 0 Å². The number of benzene rings is 1. The minimum atomic E-state index is -0.893. The summed E-state index contributed by atoms with van der Waals surface area (Å²) in [6, 6.07) is 11.2. The smallest absolute Gasteiger partial charge is 0.345 e. The van der Waals surface area contributed by atoms with Crippen molar-refractivity contribution >= 4 is 33.9 Å². The van der Waals surface area contributed by atoms with Gasteiger partial charge in [0.25, 0.3) is 0 Å². The van der Waals surface area contributed by atoms with Crippen LogP contribution < -0.4 is 4.90 Å². The van der Waals surface area contributed by atoms with Crippen molar-refractivity contribution in [2.24, 2.45) is 0 Å². The van der Waals surface area contributed by atoms with Crippen LogP contribution in [0, 0.1) is 0 Å². The monoisotopic (exact) mass is 295 g/mol. The van der Waals surface area contributed by atoms with Crippen molar-refractivity contribution in [3.05, 3.63) is 51.9 Å². The highest BCUT2D eigenvalue weighted by atomic mass is 35.5. The van der Waals surface area contributed by atoms with Gasteiger partial charge in [-0.15, -0.1) is 11.3 Å². The summed E-state index contributed by atoms with van der Waals surface area (Å²) in [6.45, 7) is 2.04. The van der Waals surface area contributed by atoms with Crippen LogP contribution in [-0.2, 0) is 0 Å². The predicted molar refractivity (Wildman–Crippen MR) is 79.5 cm³/mol. The topological polar surface area (TPSA) is 40.5 Å². The summed E-state index contributed by atoms with van der Waals surface area (Å²) in [5.74, 6) is -0.893. The largest absolute Gasteiger partial charge is 0.477 e. The summed E-state index contributed by atoms with van der Waals surface area (Å²) in [7, 11) is 1.94. The SMILES string of the molecule is CC(c1ccccc1Cl)N(C)c1ccc(C(=O)O)s1. The number of hydrogen-bond acceptors (Lipinski definition) is 3. The molecular formula is C14H14ClNO2S. The third-order valence-electron chi connectivity index (χ3n) is 3.09. The Balaban J connectivity index is 2.25. The Morgan fingerprint density at radius 3 is 2.58 bits per heavy atom. The van der Waals surface area contributed by atoms with E-state index in [0.717, 1.165) is 15.6 Å². The number of anilines is 1. The van der Waals surface area contributed by atoms with Gasteiger partial charge in [-0.05, 0) is 30.7 Å². The lowest BCUT2D eigenvalue weighted by Gasteiger charge is -2.26. The Morgan fingerprint density at radius 1 is 1.32 bits per heavy atom. The molecule has 100 valence electrons. The van der Waals surface area contributed by atoms with E-state index in [2.05, 4.69) is 0 Å². The van der Waals surface area contributed by atoms with Crippen molar-refractivity contribution in [3.63, 3.8) is 0 Å². The second-order valence-corrected chi connectivity index (χ2v) is 5.72. The fraction of sp³-hybridized carbons (Fsp3) is 0.214. The van der Waals surface area contributed by atoms with Crippen LogP contribution in [0.15, 0.2) is 36.4 Å². The summed E-state index contributed by atoms with van der Waals surface area (Å²) >= 11 is 7.45. The van der Waals surface area contributed by atoms with Crippen molar-refractivity contribution in [1.82, 2.24) is 0 Å². The van der Waals surface area contributed by atoms with Gasteiger partial charge < -0.3 is 10.0 Å². The number of carboxylic acids is 1. The minimum absolute atomic E-state index is 0.0778. The quantitative estimate of drug-likeness (QED) is 0.914. The minimum Gasteiger partial charge on any atom is -0.477 e. The number of nitrogens with zero attached hydrogens (tertiary/aromatic N) is 1. The Kier molecular flexibility index (Phi) is 4.12. The molecule has 19 heavy (non-hydrogen) atoms. The first-order valence-electron chi connectivity index (χ1n) is 5.81. The molecule has 2 aromatic rings. The van der Waals surface area contributed by atoms with E-state index in [-0.39, 0.29) is 6.04 Å². The zero-order valence-electron chi connectivity index (χ0n) is 10.6. The summed E-state index contributed by atoms with van der Waals surface area (Å²) in [5.41, 5.74) is 1.02. The number of carbonyl (C=O) groups is 1. The number of halogens is 1. The van der Waals surface area contributed by atoms with Crippen LogP contribution in [0.5, 0.6) is 0 Å². The number of hydrogen-bond donors (Lipinski definition) is 1. The molecule has 1 atom stereocenters. The third-order valence-corrected chi connectivity index (χ3v) is 4.59. The van der Waals surface area contributed by atoms with Gasteiger partial charge in [-0.3, -0.25) is 0 Å². The molecule has 1 heterocycles. The maximum Gasteiger partial charge on any atom is 0.345 e. The summed E-state index contributed by atoms with van der Waals surface area (Å²) < 4.78 is 0. The van der Waals surface area contributed by atoms with Crippen LogP contribution in [0.2, 0.25) is 5.02 Å². The van der Waals surface area contributed by atoms with Crippen LogP contribution in [0.1, 0.15) is 28.2 Å². The Hall–Kier alpha value is -1.52. The van der Waals surface area contributed by atoms with E-state index in [1.165, 1.54) is 11.3 Å². The van der Waals surface area contributed by atoms with E-state index in [1.54, 1.807) is 6.07 Å². The Morgan fingerprint density at radius 2 is 2.00 bits per heavy atom. The molecule has 0 saturated carbocycles. The first-order chi connectivity index (χ1) is 9.00. The first kappa shape index (κ1) is 13.9. The van der Waals surface area contributed by atoms with E-state index in [4.69, 9.17) is 16.7 Å². The molecule has 0 fully saturated rings. The van der Waals surface area contributed by atoms with Crippen molar-refractivity contribution < 1.29 is 9.90 Å². The fourth-order valence-electron chi connectivity index (χ4n) is 1.85. The van der Waals surface area contributed by atoms with E-state index in [9.17, 15) is 4.79 Å². The van der Waals surface area contributed by atoms with Gasteiger partial charge in [-0.1, -0.05) is 29.8 Å². The molecule has 1 unspecified atom stereocenters. The summed E-state index contributed by atoms with van der Waals surface area (Å²) in [6.07, 6.45) is 0. The molecule has 5 heteroatoms. The normalized spacial score (nSPS) is 12.2. The molecule has 0 saturated heterocycles. The zero-order valence-corrected chi connectivity index (χ0v) is 12.2. The maximum atomic E-state index is 10.9. The molecule has 0 amide bonds. The average molecular weight is 296 g/mol. The highest BCUT2D eigenvalue weighted by Crippen LogP contribution is 2.33. The van der Waals surface area contributed by atoms with Gasteiger partial charge in [0.1, 0.15) is 4.88 Å². The summed E-state index contributed by atoms with van der Waals surface area (Å²) in [5, 5.41) is 10.6. The predicted octanol–water partition coefficient (Wildman–Crippen LogP) is 4.30. The molecular weight excluding hydrogens is 282 g/mol. The molecule has 0 aliphatic carbocycles. The van der Waals surface area contributed by atoms with Crippen molar-refractivity contribution in [2.75, 3.05) is 11.9 Å². The van der Waals surface area contributed by atoms with Crippen molar-refractivity contribution in [1.29, 1.82) is 0 Å². The molecule has 2 rings (SSSR count). The fourth-order valence-corrected chi connectivity index (χ4v) is 3.03. The number of carboxylic acid groups (broad SMARTS) is 1. The average Bonchev–Trinajstić information content (AvgIpc) is 2.87. The lowest BCUT2D eigenvalue weighted by atomic mass is 10.1. The second-order valence-electron chi connectivity index (χ2n) is 4.25. The molecule has 0 radical (unpaired) electrons. The maximum absolute atomic E-state index is 10.9. The van der Waals surface area contributed by atoms with Gasteiger partial charge in [0.05, 0.1) is 11.0 Å². The van der Waals surface area contributed by atoms with Gasteiger partial charge >= 0.3 is 5.97 Å². The standard InChI is InChI=1S/C14H14ClNO2S/c1-9(10-5-3-4-6-11(10)15)16(2)13-8-7-12(19-13)14(17)18/h3-9H,1-2H3,(H,17,18). The molecule has 0 aliphatic heterocycles. The van der Waals surface area contributed by atoms with Gasteiger partial charge in [-0.25, -0.2) is 4.79 Å². The Bertz CT molecular complexity index is 597. The number of thiophene rings is 1. The van der Waals surface area contributed by atoms with Crippen LogP contribution in [0.25, 0.3) is 0 Å². The van der Waals surface area contributed by atoms with E-state index in [1.807, 2.05) is 49.2 Å². The van der Waals surface area contributed by atoms with Crippen LogP contribution in [-0.4, -0.2) is 18.1 Å². The Labute approximate surface area is 121 Å². The lowest BCUT2D eigenvalue weighted by molar-refractivity contribution is 0.0702. The molecule has 1 N–H and O–H groups in total. The summed E-state index contributed by atoms with van der Waals surface area (Å²) in [4.78, 5) is 13.3. The van der Waals surface area contributed by atoms with Crippen molar-refractivity contribution in [2.45, 2.75) is 13.0 Å². The van der Waals surface area contributed by atoms with E-state index >= 15 is 0 Å². The van der Waals surface area contributed by atoms with Crippen LogP contribution >= 0.6 is 22.9 Å². The second kappa shape index (κ2) is 5.63. The van der Waals surface area contributed by atoms with Gasteiger partial charge in [0, 0.05) is 12.1 Å². The van der Waals surface area contributed by atoms with Crippen LogP contribution in [0.3, 0.4) is 0 Å². The van der Waals surface area contributed by atoms with E-state index in [0.29, 0.717) is 4.88 Å². The molecule has 0 bridgehead atoms. The lowest BCUT2D eigenvalue weighted by Crippen LogP contribution is -2.20. The van der Waals surface area contributed by atoms with E-state index < -0.39 is 5.97 Å². The molecule has 0 aliphatic rings. The van der Waals surface area contributed by atoms with Crippen LogP contribution in [0.4, 0.5) is 5.00 Å². The molecule has 3 nitrogen and oxygen atoms in total. The molecule has 1 aromatic heterocycles. The number of rotatable bonds is 4. The highest BCUT2D eigenvalue weighted by Gasteiger charge is 2.17. The zero-order chi connectivity index (χ0) is 14.0. The highest BCUT2D eigenvalue weighted by molar-refractivity contribution is 7.17. The third kappa shape index (κ3) is 2.91. The van der Waals surface area contributed by atoms with Gasteiger partial charge in [0.15, 0.2) is 0 Å². The van der Waals surface area contributed by atoms with Gasteiger partial charge in [0.2, 0.25) is 0 Å². The first-order valence-corrected chi connectivity index (χ1v) is 7.00.